The average Bonchev–Trinajstić information content (AvgIpc) is 2.37. The van der Waals surface area contributed by atoms with Gasteiger partial charge in [0.25, 0.3) is 0 Å². The van der Waals surface area contributed by atoms with Crippen LogP contribution in [0.2, 0.25) is 0 Å². The van der Waals surface area contributed by atoms with Crippen LogP contribution in [0.15, 0.2) is 30.3 Å². The van der Waals surface area contributed by atoms with Gasteiger partial charge in [0.2, 0.25) is 0 Å². The summed E-state index contributed by atoms with van der Waals surface area (Å²) in [6, 6.07) is 10.8. The molecule has 0 saturated carbocycles. The molecule has 0 heterocycles. The molecule has 1 nitrogen and oxygen atoms in total. The molecule has 1 aromatic rings. The summed E-state index contributed by atoms with van der Waals surface area (Å²) in [4.78, 5) is 0. The fraction of sp³-hybridized carbons (Fsp3) is 0.600. The highest BCUT2D eigenvalue weighted by Crippen LogP contribution is 2.38. The Morgan fingerprint density at radius 2 is 1.62 bits per heavy atom. The first-order valence-corrected chi connectivity index (χ1v) is 6.50. The average molecular weight is 219 g/mol. The summed E-state index contributed by atoms with van der Waals surface area (Å²) in [5.74, 6) is 0.685. The molecule has 0 radical (unpaired) electrons. The van der Waals surface area contributed by atoms with Crippen LogP contribution in [0, 0.1) is 5.92 Å². The van der Waals surface area contributed by atoms with E-state index in [-0.39, 0.29) is 5.41 Å². The van der Waals surface area contributed by atoms with Crippen LogP contribution in [-0.2, 0) is 5.41 Å². The Morgan fingerprint density at radius 1 is 1.06 bits per heavy atom. The van der Waals surface area contributed by atoms with Crippen LogP contribution in [0.5, 0.6) is 0 Å². The van der Waals surface area contributed by atoms with Gasteiger partial charge >= 0.3 is 0 Å². The van der Waals surface area contributed by atoms with Crippen LogP contribution in [0.4, 0.5) is 0 Å². The van der Waals surface area contributed by atoms with Gasteiger partial charge in [0.1, 0.15) is 0 Å². The third-order valence-corrected chi connectivity index (χ3v) is 4.11. The van der Waals surface area contributed by atoms with Gasteiger partial charge in [0, 0.05) is 12.0 Å². The SMILES string of the molecule is CCC(CC)C(CC)(CN)c1ccccc1. The maximum Gasteiger partial charge on any atom is 0.0101 e. The number of nitrogens with two attached hydrogens (primary N) is 1. The molecule has 90 valence electrons. The summed E-state index contributed by atoms with van der Waals surface area (Å²) >= 11 is 0. The van der Waals surface area contributed by atoms with Crippen LogP contribution in [-0.4, -0.2) is 6.54 Å². The highest BCUT2D eigenvalue weighted by Gasteiger charge is 2.35. The van der Waals surface area contributed by atoms with Crippen molar-refractivity contribution < 1.29 is 0 Å². The third kappa shape index (κ3) is 2.30. The minimum atomic E-state index is 0.171. The van der Waals surface area contributed by atoms with E-state index >= 15 is 0 Å². The minimum Gasteiger partial charge on any atom is -0.330 e. The first-order valence-electron chi connectivity index (χ1n) is 6.50. The van der Waals surface area contributed by atoms with Crippen molar-refractivity contribution in [2.24, 2.45) is 11.7 Å². The Morgan fingerprint density at radius 3 is 2.00 bits per heavy atom. The highest BCUT2D eigenvalue weighted by atomic mass is 14.6. The zero-order valence-electron chi connectivity index (χ0n) is 10.9. The number of hydrogen-bond donors (Lipinski definition) is 1. The lowest BCUT2D eigenvalue weighted by Gasteiger charge is -2.39. The molecule has 1 rings (SSSR count). The molecule has 0 aromatic heterocycles. The number of rotatable bonds is 6. The van der Waals surface area contributed by atoms with Crippen molar-refractivity contribution in [3.63, 3.8) is 0 Å². The molecule has 1 aromatic carbocycles. The number of hydrogen-bond acceptors (Lipinski definition) is 1. The third-order valence-electron chi connectivity index (χ3n) is 4.11. The fourth-order valence-electron chi connectivity index (χ4n) is 3.00. The lowest BCUT2D eigenvalue weighted by atomic mass is 9.66. The van der Waals surface area contributed by atoms with E-state index in [4.69, 9.17) is 5.73 Å². The maximum absolute atomic E-state index is 6.10. The quantitative estimate of drug-likeness (QED) is 0.775. The molecule has 1 unspecified atom stereocenters. The maximum atomic E-state index is 6.10. The monoisotopic (exact) mass is 219 g/mol. The van der Waals surface area contributed by atoms with E-state index in [0.29, 0.717) is 5.92 Å². The van der Waals surface area contributed by atoms with Gasteiger partial charge in [-0.3, -0.25) is 0 Å². The Labute approximate surface area is 100 Å². The van der Waals surface area contributed by atoms with Gasteiger partial charge in [0.15, 0.2) is 0 Å². The van der Waals surface area contributed by atoms with E-state index in [9.17, 15) is 0 Å². The molecule has 0 aliphatic carbocycles. The van der Waals surface area contributed by atoms with Gasteiger partial charge in [-0.05, 0) is 17.9 Å². The predicted molar refractivity (Wildman–Crippen MR) is 71.5 cm³/mol. The van der Waals surface area contributed by atoms with Crippen molar-refractivity contribution in [1.29, 1.82) is 0 Å². The normalized spacial score (nSPS) is 15.1. The second-order valence-corrected chi connectivity index (χ2v) is 4.59. The van der Waals surface area contributed by atoms with E-state index in [0.717, 1.165) is 13.0 Å². The summed E-state index contributed by atoms with van der Waals surface area (Å²) in [7, 11) is 0. The van der Waals surface area contributed by atoms with Crippen LogP contribution in [0.1, 0.15) is 45.6 Å². The first-order chi connectivity index (χ1) is 7.75. The zero-order chi connectivity index (χ0) is 12.0. The molecule has 0 aliphatic rings. The van der Waals surface area contributed by atoms with Gasteiger partial charge in [-0.2, -0.15) is 0 Å². The summed E-state index contributed by atoms with van der Waals surface area (Å²) in [5.41, 5.74) is 7.68. The van der Waals surface area contributed by atoms with Crippen molar-refractivity contribution in [3.05, 3.63) is 35.9 Å². The van der Waals surface area contributed by atoms with E-state index in [1.807, 2.05) is 0 Å². The van der Waals surface area contributed by atoms with Crippen LogP contribution >= 0.6 is 0 Å². The van der Waals surface area contributed by atoms with Gasteiger partial charge in [-0.25, -0.2) is 0 Å². The van der Waals surface area contributed by atoms with Crippen molar-refractivity contribution in [1.82, 2.24) is 0 Å². The van der Waals surface area contributed by atoms with Crippen LogP contribution < -0.4 is 5.73 Å². The van der Waals surface area contributed by atoms with Crippen LogP contribution in [0.3, 0.4) is 0 Å². The lowest BCUT2D eigenvalue weighted by Crippen LogP contribution is -2.41. The van der Waals surface area contributed by atoms with E-state index in [2.05, 4.69) is 51.1 Å². The van der Waals surface area contributed by atoms with E-state index < -0.39 is 0 Å². The van der Waals surface area contributed by atoms with Crippen molar-refractivity contribution in [3.8, 4) is 0 Å². The second kappa shape index (κ2) is 6.05. The minimum absolute atomic E-state index is 0.171. The summed E-state index contributed by atoms with van der Waals surface area (Å²) in [5, 5.41) is 0. The molecule has 0 saturated heterocycles. The molecular weight excluding hydrogens is 194 g/mol. The molecule has 0 fully saturated rings. The predicted octanol–water partition coefficient (Wildman–Crippen LogP) is 3.73. The Kier molecular flexibility index (Phi) is 5.01. The summed E-state index contributed by atoms with van der Waals surface area (Å²) < 4.78 is 0. The molecule has 0 amide bonds. The van der Waals surface area contributed by atoms with Crippen LogP contribution in [0.25, 0.3) is 0 Å². The summed E-state index contributed by atoms with van der Waals surface area (Å²) in [6.07, 6.45) is 3.53. The molecule has 0 spiro atoms. The van der Waals surface area contributed by atoms with Gasteiger partial charge in [-0.15, -0.1) is 0 Å². The number of benzene rings is 1. The topological polar surface area (TPSA) is 26.0 Å². The zero-order valence-corrected chi connectivity index (χ0v) is 10.9. The molecule has 0 aliphatic heterocycles. The molecule has 16 heavy (non-hydrogen) atoms. The molecule has 1 atom stereocenters. The van der Waals surface area contributed by atoms with Crippen molar-refractivity contribution >= 4 is 0 Å². The Hall–Kier alpha value is -0.820. The molecule has 0 bridgehead atoms. The smallest absolute Gasteiger partial charge is 0.0101 e. The molecule has 1 heteroatoms. The van der Waals surface area contributed by atoms with Gasteiger partial charge in [-0.1, -0.05) is 63.9 Å². The van der Waals surface area contributed by atoms with E-state index in [1.165, 1.54) is 18.4 Å². The Bertz CT molecular complexity index is 284. The molecular formula is C15H25N. The van der Waals surface area contributed by atoms with Crippen molar-refractivity contribution in [2.45, 2.75) is 45.4 Å². The molecule has 2 N–H and O–H groups in total. The summed E-state index contributed by atoms with van der Waals surface area (Å²) in [6.45, 7) is 7.56. The first kappa shape index (κ1) is 13.2. The largest absolute Gasteiger partial charge is 0.330 e. The lowest BCUT2D eigenvalue weighted by molar-refractivity contribution is 0.248. The van der Waals surface area contributed by atoms with E-state index in [1.54, 1.807) is 0 Å². The fourth-order valence-corrected chi connectivity index (χ4v) is 3.00. The van der Waals surface area contributed by atoms with Gasteiger partial charge < -0.3 is 5.73 Å². The standard InChI is InChI=1S/C15H25N/c1-4-13(5-2)15(6-3,12-16)14-10-8-7-9-11-14/h7-11,13H,4-6,12,16H2,1-3H3. The second-order valence-electron chi connectivity index (χ2n) is 4.59. The van der Waals surface area contributed by atoms with Gasteiger partial charge in [0.05, 0.1) is 0 Å². The highest BCUT2D eigenvalue weighted by molar-refractivity contribution is 5.27. The van der Waals surface area contributed by atoms with Crippen molar-refractivity contribution in [2.75, 3.05) is 6.54 Å². The Balaban J connectivity index is 3.14.